The SMILES string of the molecule is c1ccc(-n2c3ccccc3c3cc(-c4ccc5[nH]c6c7oc8ccccc8c7c7ccccc7c6c5c4)ccc32)cc1. The molecule has 3 heterocycles. The number of para-hydroxylation sites is 3. The van der Waals surface area contributed by atoms with E-state index in [-0.39, 0.29) is 0 Å². The van der Waals surface area contributed by atoms with Gasteiger partial charge in [0.15, 0.2) is 5.58 Å². The number of hydrogen-bond acceptors (Lipinski definition) is 1. The monoisotopic (exact) mass is 548 g/mol. The zero-order valence-corrected chi connectivity index (χ0v) is 23.1. The molecule has 0 spiro atoms. The van der Waals surface area contributed by atoms with Gasteiger partial charge in [-0.3, -0.25) is 0 Å². The number of benzene rings is 7. The number of furan rings is 1. The lowest BCUT2D eigenvalue weighted by molar-refractivity contribution is 0.672. The van der Waals surface area contributed by atoms with Gasteiger partial charge in [-0.1, -0.05) is 91.0 Å². The van der Waals surface area contributed by atoms with Crippen LogP contribution in [0, 0.1) is 0 Å². The first-order chi connectivity index (χ1) is 21.3. The van der Waals surface area contributed by atoms with Gasteiger partial charge in [0.2, 0.25) is 0 Å². The second-order valence-electron chi connectivity index (χ2n) is 11.4. The molecule has 0 bridgehead atoms. The molecule has 1 N–H and O–H groups in total. The van der Waals surface area contributed by atoms with Crippen molar-refractivity contribution in [3.63, 3.8) is 0 Å². The van der Waals surface area contributed by atoms with Gasteiger partial charge in [0, 0.05) is 43.5 Å². The smallest absolute Gasteiger partial charge is 0.160 e. The molecule has 7 aromatic carbocycles. The van der Waals surface area contributed by atoms with Gasteiger partial charge in [0.05, 0.1) is 16.6 Å². The zero-order chi connectivity index (χ0) is 28.1. The van der Waals surface area contributed by atoms with E-state index in [2.05, 4.69) is 143 Å². The van der Waals surface area contributed by atoms with Crippen LogP contribution in [0.4, 0.5) is 0 Å². The third-order valence-corrected chi connectivity index (χ3v) is 9.11. The van der Waals surface area contributed by atoms with Gasteiger partial charge in [-0.2, -0.15) is 0 Å². The van der Waals surface area contributed by atoms with Crippen molar-refractivity contribution in [2.24, 2.45) is 0 Å². The normalized spacial score (nSPS) is 12.2. The van der Waals surface area contributed by atoms with Gasteiger partial charge >= 0.3 is 0 Å². The third-order valence-electron chi connectivity index (χ3n) is 9.11. The van der Waals surface area contributed by atoms with Crippen molar-refractivity contribution < 1.29 is 4.42 Å². The lowest BCUT2D eigenvalue weighted by Gasteiger charge is -2.08. The number of H-pyrrole nitrogens is 1. The molecule has 3 nitrogen and oxygen atoms in total. The topological polar surface area (TPSA) is 33.9 Å². The molecule has 0 saturated heterocycles. The minimum Gasteiger partial charge on any atom is -0.454 e. The number of aromatic nitrogens is 2. The highest BCUT2D eigenvalue weighted by atomic mass is 16.3. The van der Waals surface area contributed by atoms with Gasteiger partial charge in [-0.15, -0.1) is 0 Å². The van der Waals surface area contributed by atoms with Crippen LogP contribution in [-0.2, 0) is 0 Å². The number of rotatable bonds is 2. The van der Waals surface area contributed by atoms with E-state index in [1.807, 2.05) is 6.07 Å². The maximum absolute atomic E-state index is 6.51. The second-order valence-corrected chi connectivity index (χ2v) is 11.4. The average Bonchev–Trinajstić information content (AvgIpc) is 3.75. The molecule has 10 rings (SSSR count). The quantitative estimate of drug-likeness (QED) is 0.229. The molecule has 0 unspecified atom stereocenters. The summed E-state index contributed by atoms with van der Waals surface area (Å²) in [5.41, 5.74) is 9.99. The summed E-state index contributed by atoms with van der Waals surface area (Å²) in [6.45, 7) is 0. The van der Waals surface area contributed by atoms with Crippen molar-refractivity contribution in [2.45, 2.75) is 0 Å². The standard InChI is InChI=1S/C40H24N2O/c1-2-10-26(11-3-1)42-34-16-8-6-12-27(34)31-22-25(19-21-35(31)42)24-18-20-33-32(23-24)37-28-13-4-5-14-29(28)38-30-15-7-9-17-36(30)43-40(38)39(37)41-33/h1-23,41H. The number of fused-ring (bicyclic) bond motifs is 13. The van der Waals surface area contributed by atoms with E-state index in [1.54, 1.807) is 0 Å². The van der Waals surface area contributed by atoms with E-state index < -0.39 is 0 Å². The Labute approximate surface area is 246 Å². The summed E-state index contributed by atoms with van der Waals surface area (Å²) < 4.78 is 8.88. The largest absolute Gasteiger partial charge is 0.454 e. The molecule has 3 aromatic heterocycles. The Morgan fingerprint density at radius 1 is 0.465 bits per heavy atom. The minimum absolute atomic E-state index is 0.914. The fraction of sp³-hybridized carbons (Fsp3) is 0. The number of hydrogen-bond donors (Lipinski definition) is 1. The van der Waals surface area contributed by atoms with E-state index in [0.717, 1.165) is 27.6 Å². The van der Waals surface area contributed by atoms with E-state index in [9.17, 15) is 0 Å². The van der Waals surface area contributed by atoms with Crippen molar-refractivity contribution in [2.75, 3.05) is 0 Å². The van der Waals surface area contributed by atoms with Gasteiger partial charge in [-0.25, -0.2) is 0 Å². The summed E-state index contributed by atoms with van der Waals surface area (Å²) in [5, 5.41) is 9.71. The van der Waals surface area contributed by atoms with Gasteiger partial charge < -0.3 is 14.0 Å². The van der Waals surface area contributed by atoms with Crippen LogP contribution in [0.15, 0.2) is 144 Å². The maximum Gasteiger partial charge on any atom is 0.160 e. The van der Waals surface area contributed by atoms with Crippen LogP contribution < -0.4 is 0 Å². The summed E-state index contributed by atoms with van der Waals surface area (Å²) in [5.74, 6) is 0. The highest BCUT2D eigenvalue weighted by Crippen LogP contribution is 2.44. The van der Waals surface area contributed by atoms with E-state index >= 15 is 0 Å². The predicted molar refractivity (Wildman–Crippen MR) is 180 cm³/mol. The van der Waals surface area contributed by atoms with E-state index in [1.165, 1.54) is 65.6 Å². The molecule has 0 aliphatic rings. The summed E-state index contributed by atoms with van der Waals surface area (Å²) >= 11 is 0. The Kier molecular flexibility index (Phi) is 4.45. The molecule has 10 aromatic rings. The Bertz CT molecular complexity index is 2720. The molecular weight excluding hydrogens is 524 g/mol. The lowest BCUT2D eigenvalue weighted by atomic mass is 9.97. The van der Waals surface area contributed by atoms with Crippen LogP contribution in [-0.4, -0.2) is 9.55 Å². The molecule has 200 valence electrons. The van der Waals surface area contributed by atoms with E-state index in [4.69, 9.17) is 4.42 Å². The Hall–Kier alpha value is -5.80. The van der Waals surface area contributed by atoms with Crippen LogP contribution in [0.25, 0.3) is 93.1 Å². The summed E-state index contributed by atoms with van der Waals surface area (Å²) in [6, 6.07) is 50.0. The lowest BCUT2D eigenvalue weighted by Crippen LogP contribution is -1.92. The summed E-state index contributed by atoms with van der Waals surface area (Å²) in [7, 11) is 0. The van der Waals surface area contributed by atoms with Crippen molar-refractivity contribution in [3.8, 4) is 16.8 Å². The molecular formula is C40H24N2O. The maximum atomic E-state index is 6.51. The second kappa shape index (κ2) is 8.37. The number of nitrogens with one attached hydrogen (secondary N) is 1. The Balaban J connectivity index is 1.25. The van der Waals surface area contributed by atoms with Gasteiger partial charge in [-0.05, 0) is 70.4 Å². The van der Waals surface area contributed by atoms with Crippen LogP contribution in [0.1, 0.15) is 0 Å². The third kappa shape index (κ3) is 3.08. The molecule has 3 heteroatoms. The number of aromatic amines is 1. The first-order valence-electron chi connectivity index (χ1n) is 14.7. The van der Waals surface area contributed by atoms with Gasteiger partial charge in [0.1, 0.15) is 5.58 Å². The van der Waals surface area contributed by atoms with Crippen LogP contribution in [0.2, 0.25) is 0 Å². The van der Waals surface area contributed by atoms with Crippen molar-refractivity contribution in [1.29, 1.82) is 0 Å². The van der Waals surface area contributed by atoms with Crippen LogP contribution in [0.5, 0.6) is 0 Å². The van der Waals surface area contributed by atoms with E-state index in [0.29, 0.717) is 0 Å². The zero-order valence-electron chi connectivity index (χ0n) is 23.1. The van der Waals surface area contributed by atoms with Gasteiger partial charge in [0.25, 0.3) is 0 Å². The number of nitrogens with zero attached hydrogens (tertiary/aromatic N) is 1. The summed E-state index contributed by atoms with van der Waals surface area (Å²) in [6.07, 6.45) is 0. The molecule has 0 radical (unpaired) electrons. The molecule has 0 aliphatic carbocycles. The molecule has 0 amide bonds. The Morgan fingerprint density at radius 2 is 1.09 bits per heavy atom. The van der Waals surface area contributed by atoms with Crippen LogP contribution >= 0.6 is 0 Å². The fourth-order valence-electron chi connectivity index (χ4n) is 7.24. The average molecular weight is 549 g/mol. The van der Waals surface area contributed by atoms with Crippen LogP contribution in [0.3, 0.4) is 0 Å². The first-order valence-corrected chi connectivity index (χ1v) is 14.7. The molecule has 43 heavy (non-hydrogen) atoms. The minimum atomic E-state index is 0.914. The highest BCUT2D eigenvalue weighted by molar-refractivity contribution is 6.34. The predicted octanol–water partition coefficient (Wildman–Crippen LogP) is 11.1. The van der Waals surface area contributed by atoms with Crippen molar-refractivity contribution >= 4 is 76.3 Å². The Morgan fingerprint density at radius 3 is 1.93 bits per heavy atom. The van der Waals surface area contributed by atoms with Crippen molar-refractivity contribution in [1.82, 2.24) is 9.55 Å². The highest BCUT2D eigenvalue weighted by Gasteiger charge is 2.19. The molecule has 0 fully saturated rings. The molecule has 0 aliphatic heterocycles. The summed E-state index contributed by atoms with van der Waals surface area (Å²) in [4.78, 5) is 3.73. The first kappa shape index (κ1) is 22.8. The molecule has 0 saturated carbocycles. The fourth-order valence-corrected chi connectivity index (χ4v) is 7.24. The van der Waals surface area contributed by atoms with Crippen molar-refractivity contribution in [3.05, 3.63) is 140 Å². The molecule has 0 atom stereocenters.